The zero-order valence-corrected chi connectivity index (χ0v) is 13.0. The van der Waals surface area contributed by atoms with E-state index in [1.807, 2.05) is 29.8 Å². The van der Waals surface area contributed by atoms with Crippen molar-refractivity contribution in [3.05, 3.63) is 52.4 Å². The van der Waals surface area contributed by atoms with Gasteiger partial charge in [0.2, 0.25) is 11.8 Å². The summed E-state index contributed by atoms with van der Waals surface area (Å²) >= 11 is 1.57. The number of amides is 2. The largest absolute Gasteiger partial charge is 0.352 e. The van der Waals surface area contributed by atoms with Gasteiger partial charge in [0.25, 0.3) is 0 Å². The van der Waals surface area contributed by atoms with Gasteiger partial charge in [0, 0.05) is 25.2 Å². The van der Waals surface area contributed by atoms with Crippen LogP contribution < -0.4 is 10.6 Å². The summed E-state index contributed by atoms with van der Waals surface area (Å²) < 4.78 is 0. The number of aromatic nitrogens is 1. The lowest BCUT2D eigenvalue weighted by Gasteiger charge is -2.05. The predicted octanol–water partition coefficient (Wildman–Crippen LogP) is 2.61. The quantitative estimate of drug-likeness (QED) is 0.805. The Bertz CT molecular complexity index is 649. The number of carbonyl (C=O) groups is 2. The molecule has 5 nitrogen and oxygen atoms in total. The van der Waals surface area contributed by atoms with E-state index in [-0.39, 0.29) is 24.8 Å². The number of anilines is 1. The van der Waals surface area contributed by atoms with Gasteiger partial charge in [-0.1, -0.05) is 6.07 Å². The molecule has 2 aromatic heterocycles. The number of nitrogens with zero attached hydrogens (tertiary/aromatic N) is 1. The molecule has 2 N–H and O–H groups in total. The first-order valence-corrected chi connectivity index (χ1v) is 7.78. The lowest BCUT2D eigenvalue weighted by molar-refractivity contribution is -0.117. The standard InChI is InChI=1S/C16H17N3O2S/c1-12-2-4-14(18-10-12)19-16(21)6-8-17-15(20)5-3-13-7-9-22-11-13/h2-5,7,9-11H,6,8H2,1H3,(H,17,20)(H,18,19,21). The minimum atomic E-state index is -0.215. The molecule has 2 amide bonds. The van der Waals surface area contributed by atoms with Crippen LogP contribution in [0.15, 0.2) is 41.2 Å². The maximum absolute atomic E-state index is 11.7. The number of pyridine rings is 1. The third-order valence-electron chi connectivity index (χ3n) is 2.80. The molecule has 0 atom stereocenters. The van der Waals surface area contributed by atoms with Crippen molar-refractivity contribution in [1.82, 2.24) is 10.3 Å². The summed E-state index contributed by atoms with van der Waals surface area (Å²) in [4.78, 5) is 27.4. The molecule has 0 spiro atoms. The highest BCUT2D eigenvalue weighted by molar-refractivity contribution is 7.08. The van der Waals surface area contributed by atoms with Crippen molar-refractivity contribution < 1.29 is 9.59 Å². The van der Waals surface area contributed by atoms with Gasteiger partial charge in [0.1, 0.15) is 5.82 Å². The Morgan fingerprint density at radius 3 is 2.86 bits per heavy atom. The number of carbonyl (C=O) groups excluding carboxylic acids is 2. The van der Waals surface area contributed by atoms with E-state index in [2.05, 4.69) is 15.6 Å². The molecule has 2 aromatic rings. The van der Waals surface area contributed by atoms with Gasteiger partial charge < -0.3 is 10.6 Å². The molecule has 2 rings (SSSR count). The summed E-state index contributed by atoms with van der Waals surface area (Å²) in [7, 11) is 0. The van der Waals surface area contributed by atoms with Crippen LogP contribution in [-0.2, 0) is 9.59 Å². The summed E-state index contributed by atoms with van der Waals surface area (Å²) in [5.41, 5.74) is 2.02. The van der Waals surface area contributed by atoms with Crippen LogP contribution in [0.4, 0.5) is 5.82 Å². The molecule has 0 aromatic carbocycles. The zero-order chi connectivity index (χ0) is 15.8. The average Bonchev–Trinajstić information content (AvgIpc) is 3.01. The smallest absolute Gasteiger partial charge is 0.244 e. The van der Waals surface area contributed by atoms with E-state index >= 15 is 0 Å². The van der Waals surface area contributed by atoms with Gasteiger partial charge in [-0.3, -0.25) is 9.59 Å². The van der Waals surface area contributed by atoms with E-state index in [4.69, 9.17) is 0 Å². The molecule has 2 heterocycles. The van der Waals surface area contributed by atoms with Gasteiger partial charge in [0.15, 0.2) is 0 Å². The Morgan fingerprint density at radius 1 is 1.32 bits per heavy atom. The van der Waals surface area contributed by atoms with Gasteiger partial charge >= 0.3 is 0 Å². The summed E-state index contributed by atoms with van der Waals surface area (Å²) in [5, 5.41) is 9.24. The van der Waals surface area contributed by atoms with Crippen molar-refractivity contribution in [1.29, 1.82) is 0 Å². The number of nitrogens with one attached hydrogen (secondary N) is 2. The van der Waals surface area contributed by atoms with E-state index in [9.17, 15) is 9.59 Å². The van der Waals surface area contributed by atoms with Crippen molar-refractivity contribution in [2.75, 3.05) is 11.9 Å². The molecule has 0 aliphatic rings. The Morgan fingerprint density at radius 2 is 2.18 bits per heavy atom. The van der Waals surface area contributed by atoms with Crippen molar-refractivity contribution in [3.63, 3.8) is 0 Å². The molecular formula is C16H17N3O2S. The predicted molar refractivity (Wildman–Crippen MR) is 88.6 cm³/mol. The Hall–Kier alpha value is -2.47. The lowest BCUT2D eigenvalue weighted by atomic mass is 10.3. The average molecular weight is 315 g/mol. The van der Waals surface area contributed by atoms with Gasteiger partial charge in [-0.15, -0.1) is 0 Å². The maximum atomic E-state index is 11.7. The molecule has 114 valence electrons. The minimum absolute atomic E-state index is 0.182. The monoisotopic (exact) mass is 315 g/mol. The number of hydrogen-bond donors (Lipinski definition) is 2. The van der Waals surface area contributed by atoms with E-state index in [0.717, 1.165) is 11.1 Å². The molecule has 0 fully saturated rings. The van der Waals surface area contributed by atoms with Crippen molar-refractivity contribution in [3.8, 4) is 0 Å². The van der Waals surface area contributed by atoms with Gasteiger partial charge in [0.05, 0.1) is 0 Å². The van der Waals surface area contributed by atoms with Crippen LogP contribution in [0.2, 0.25) is 0 Å². The maximum Gasteiger partial charge on any atom is 0.244 e. The topological polar surface area (TPSA) is 71.1 Å². The number of hydrogen-bond acceptors (Lipinski definition) is 4. The summed E-state index contributed by atoms with van der Waals surface area (Å²) in [6.45, 7) is 2.21. The Labute approximate surface area is 133 Å². The molecule has 22 heavy (non-hydrogen) atoms. The fraction of sp³-hybridized carbons (Fsp3) is 0.188. The van der Waals surface area contributed by atoms with Crippen LogP contribution in [0.5, 0.6) is 0 Å². The molecule has 0 aliphatic carbocycles. The number of thiophene rings is 1. The highest BCUT2D eigenvalue weighted by Gasteiger charge is 2.04. The first-order valence-electron chi connectivity index (χ1n) is 6.84. The molecule has 0 saturated carbocycles. The highest BCUT2D eigenvalue weighted by Crippen LogP contribution is 2.07. The van der Waals surface area contributed by atoms with E-state index < -0.39 is 0 Å². The second-order valence-electron chi connectivity index (χ2n) is 4.70. The molecule has 0 radical (unpaired) electrons. The first kappa shape index (κ1) is 15.9. The molecular weight excluding hydrogens is 298 g/mol. The van der Waals surface area contributed by atoms with Gasteiger partial charge in [-0.05, 0) is 47.0 Å². The number of rotatable bonds is 6. The summed E-state index contributed by atoms with van der Waals surface area (Å²) in [6, 6.07) is 5.55. The van der Waals surface area contributed by atoms with Crippen LogP contribution in [0, 0.1) is 6.92 Å². The number of aryl methyl sites for hydroxylation is 1. The van der Waals surface area contributed by atoms with Crippen LogP contribution >= 0.6 is 11.3 Å². The Balaban J connectivity index is 1.68. The fourth-order valence-electron chi connectivity index (χ4n) is 1.65. The SMILES string of the molecule is Cc1ccc(NC(=O)CCNC(=O)C=Cc2ccsc2)nc1. The van der Waals surface area contributed by atoms with Crippen molar-refractivity contribution in [2.45, 2.75) is 13.3 Å². The van der Waals surface area contributed by atoms with Crippen LogP contribution in [0.25, 0.3) is 6.08 Å². The minimum Gasteiger partial charge on any atom is -0.352 e. The van der Waals surface area contributed by atoms with Crippen molar-refractivity contribution in [2.24, 2.45) is 0 Å². The highest BCUT2D eigenvalue weighted by atomic mass is 32.1. The van der Waals surface area contributed by atoms with E-state index in [0.29, 0.717) is 5.82 Å². The second kappa shape index (κ2) is 8.09. The van der Waals surface area contributed by atoms with Crippen LogP contribution in [0.3, 0.4) is 0 Å². The molecule has 6 heteroatoms. The molecule has 0 bridgehead atoms. The normalized spacial score (nSPS) is 10.6. The van der Waals surface area contributed by atoms with Gasteiger partial charge in [-0.2, -0.15) is 11.3 Å². The zero-order valence-electron chi connectivity index (χ0n) is 12.2. The summed E-state index contributed by atoms with van der Waals surface area (Å²) in [5.74, 6) is 0.116. The van der Waals surface area contributed by atoms with Crippen LogP contribution in [-0.4, -0.2) is 23.3 Å². The molecule has 0 aliphatic heterocycles. The van der Waals surface area contributed by atoms with Gasteiger partial charge in [-0.25, -0.2) is 4.98 Å². The molecule has 0 unspecified atom stereocenters. The summed E-state index contributed by atoms with van der Waals surface area (Å²) in [6.07, 6.45) is 5.09. The molecule has 0 saturated heterocycles. The van der Waals surface area contributed by atoms with E-state index in [1.165, 1.54) is 6.08 Å². The lowest BCUT2D eigenvalue weighted by Crippen LogP contribution is -2.26. The third kappa shape index (κ3) is 5.49. The van der Waals surface area contributed by atoms with Crippen molar-refractivity contribution >= 4 is 35.0 Å². The Kier molecular flexibility index (Phi) is 5.85. The van der Waals surface area contributed by atoms with E-state index in [1.54, 1.807) is 29.7 Å². The first-order chi connectivity index (χ1) is 10.6. The second-order valence-corrected chi connectivity index (χ2v) is 5.48. The fourth-order valence-corrected chi connectivity index (χ4v) is 2.28. The van der Waals surface area contributed by atoms with Crippen LogP contribution in [0.1, 0.15) is 17.5 Å². The third-order valence-corrected chi connectivity index (χ3v) is 3.50.